The van der Waals surface area contributed by atoms with E-state index in [0.717, 1.165) is 11.4 Å². The van der Waals surface area contributed by atoms with Crippen LogP contribution in [0.2, 0.25) is 0 Å². The Labute approximate surface area is 128 Å². The van der Waals surface area contributed by atoms with Gasteiger partial charge in [0.05, 0.1) is 12.6 Å². The highest BCUT2D eigenvalue weighted by atomic mass is 32.1. The maximum absolute atomic E-state index is 11.6. The first-order valence-electron chi connectivity index (χ1n) is 7.00. The van der Waals surface area contributed by atoms with E-state index in [2.05, 4.69) is 30.6 Å². The molecule has 110 valence electrons. The lowest BCUT2D eigenvalue weighted by atomic mass is 10.1. The van der Waals surface area contributed by atoms with E-state index in [9.17, 15) is 4.79 Å². The lowest BCUT2D eigenvalue weighted by Crippen LogP contribution is -2.23. The summed E-state index contributed by atoms with van der Waals surface area (Å²) in [6.07, 6.45) is -0.269. The van der Waals surface area contributed by atoms with Gasteiger partial charge in [-0.3, -0.25) is 4.90 Å². The number of nitrogens with zero attached hydrogens (tertiary/aromatic N) is 1. The quantitative estimate of drug-likeness (QED) is 0.921. The van der Waals surface area contributed by atoms with E-state index in [1.807, 2.05) is 24.3 Å². The standard InChI is InChI=1S/C16H18N2O2S/c1-11-6-9-21-15(11)12(2)17-13-4-3-5-14(10-13)18-7-8-20-16(18)19/h3-6,9-10,12,17H,7-8H2,1-2H3. The van der Waals surface area contributed by atoms with Gasteiger partial charge in [0.15, 0.2) is 0 Å². The van der Waals surface area contributed by atoms with E-state index in [1.54, 1.807) is 16.2 Å². The van der Waals surface area contributed by atoms with E-state index in [-0.39, 0.29) is 12.1 Å². The second kappa shape index (κ2) is 5.77. The molecular formula is C16H18N2O2S. The number of hydrogen-bond donors (Lipinski definition) is 1. The molecule has 1 aliphatic heterocycles. The Kier molecular flexibility index (Phi) is 3.84. The number of ether oxygens (including phenoxy) is 1. The number of nitrogens with one attached hydrogen (secondary N) is 1. The Morgan fingerprint density at radius 1 is 1.38 bits per heavy atom. The third kappa shape index (κ3) is 2.88. The molecule has 1 aromatic heterocycles. The van der Waals surface area contributed by atoms with Gasteiger partial charge in [0.25, 0.3) is 0 Å². The zero-order valence-electron chi connectivity index (χ0n) is 12.1. The van der Waals surface area contributed by atoms with Crippen LogP contribution in [0.25, 0.3) is 0 Å². The Hall–Kier alpha value is -2.01. The Balaban J connectivity index is 1.77. The number of carbonyl (C=O) groups excluding carboxylic acids is 1. The van der Waals surface area contributed by atoms with Gasteiger partial charge in [0.1, 0.15) is 6.61 Å². The third-order valence-electron chi connectivity index (χ3n) is 3.60. The summed E-state index contributed by atoms with van der Waals surface area (Å²) in [7, 11) is 0. The second-order valence-electron chi connectivity index (χ2n) is 5.15. The van der Waals surface area contributed by atoms with Gasteiger partial charge in [-0.05, 0) is 49.1 Å². The first kappa shape index (κ1) is 13.9. The van der Waals surface area contributed by atoms with Crippen molar-refractivity contribution in [2.24, 2.45) is 0 Å². The highest BCUT2D eigenvalue weighted by molar-refractivity contribution is 7.10. The van der Waals surface area contributed by atoms with Crippen molar-refractivity contribution in [3.8, 4) is 0 Å². The Morgan fingerprint density at radius 3 is 2.90 bits per heavy atom. The van der Waals surface area contributed by atoms with Crippen LogP contribution < -0.4 is 10.2 Å². The average Bonchev–Trinajstić information content (AvgIpc) is 3.07. The molecular weight excluding hydrogens is 284 g/mol. The first-order valence-corrected chi connectivity index (χ1v) is 7.88. The molecule has 1 amide bonds. The number of cyclic esters (lactones) is 1. The molecule has 1 aromatic carbocycles. The zero-order chi connectivity index (χ0) is 14.8. The van der Waals surface area contributed by atoms with Crippen molar-refractivity contribution in [3.63, 3.8) is 0 Å². The van der Waals surface area contributed by atoms with Gasteiger partial charge in [0.2, 0.25) is 0 Å². The molecule has 3 rings (SSSR count). The van der Waals surface area contributed by atoms with Crippen molar-refractivity contribution in [2.45, 2.75) is 19.9 Å². The average molecular weight is 302 g/mol. The molecule has 1 aliphatic rings. The molecule has 0 radical (unpaired) electrons. The van der Waals surface area contributed by atoms with E-state index < -0.39 is 0 Å². The van der Waals surface area contributed by atoms with Crippen molar-refractivity contribution in [2.75, 3.05) is 23.4 Å². The van der Waals surface area contributed by atoms with Crippen molar-refractivity contribution >= 4 is 28.8 Å². The summed E-state index contributed by atoms with van der Waals surface area (Å²) >= 11 is 1.76. The largest absolute Gasteiger partial charge is 0.447 e. The summed E-state index contributed by atoms with van der Waals surface area (Å²) in [6.45, 7) is 5.35. The van der Waals surface area contributed by atoms with E-state index in [4.69, 9.17) is 4.74 Å². The van der Waals surface area contributed by atoms with E-state index >= 15 is 0 Å². The Bertz CT molecular complexity index is 653. The predicted molar refractivity (Wildman–Crippen MR) is 86.2 cm³/mol. The van der Waals surface area contributed by atoms with Crippen LogP contribution in [0.15, 0.2) is 35.7 Å². The molecule has 0 aliphatic carbocycles. The summed E-state index contributed by atoms with van der Waals surface area (Å²) < 4.78 is 4.98. The molecule has 1 unspecified atom stereocenters. The summed E-state index contributed by atoms with van der Waals surface area (Å²) in [6, 6.07) is 10.3. The normalized spacial score (nSPS) is 15.9. The van der Waals surface area contributed by atoms with Crippen LogP contribution in [0, 0.1) is 6.92 Å². The predicted octanol–water partition coefficient (Wildman–Crippen LogP) is 4.19. The zero-order valence-corrected chi connectivity index (χ0v) is 12.9. The monoisotopic (exact) mass is 302 g/mol. The number of amides is 1. The molecule has 4 nitrogen and oxygen atoms in total. The maximum Gasteiger partial charge on any atom is 0.414 e. The van der Waals surface area contributed by atoms with Crippen molar-refractivity contribution in [3.05, 3.63) is 46.2 Å². The minimum Gasteiger partial charge on any atom is -0.447 e. The molecule has 1 N–H and O–H groups in total. The summed E-state index contributed by atoms with van der Waals surface area (Å²) in [4.78, 5) is 14.6. The van der Waals surface area contributed by atoms with Crippen molar-refractivity contribution < 1.29 is 9.53 Å². The van der Waals surface area contributed by atoms with Gasteiger partial charge in [-0.1, -0.05) is 6.07 Å². The number of benzene rings is 1. The maximum atomic E-state index is 11.6. The van der Waals surface area contributed by atoms with Gasteiger partial charge in [-0.2, -0.15) is 0 Å². The van der Waals surface area contributed by atoms with Crippen molar-refractivity contribution in [1.82, 2.24) is 0 Å². The third-order valence-corrected chi connectivity index (χ3v) is 4.80. The molecule has 21 heavy (non-hydrogen) atoms. The Morgan fingerprint density at radius 2 is 2.24 bits per heavy atom. The molecule has 2 aromatic rings. The van der Waals surface area contributed by atoms with Crippen LogP contribution in [0.3, 0.4) is 0 Å². The SMILES string of the molecule is Cc1ccsc1C(C)Nc1cccc(N2CCOC2=O)c1. The van der Waals surface area contributed by atoms with Crippen LogP contribution >= 0.6 is 11.3 Å². The molecule has 0 bridgehead atoms. The smallest absolute Gasteiger partial charge is 0.414 e. The van der Waals surface area contributed by atoms with Crippen LogP contribution in [0.1, 0.15) is 23.4 Å². The minimum atomic E-state index is -0.269. The number of carbonyl (C=O) groups is 1. The van der Waals surface area contributed by atoms with Crippen LogP contribution in [-0.4, -0.2) is 19.2 Å². The highest BCUT2D eigenvalue weighted by Gasteiger charge is 2.23. The molecule has 0 spiro atoms. The minimum absolute atomic E-state index is 0.241. The highest BCUT2D eigenvalue weighted by Crippen LogP contribution is 2.29. The molecule has 1 saturated heterocycles. The van der Waals surface area contributed by atoms with Crippen LogP contribution in [-0.2, 0) is 4.74 Å². The van der Waals surface area contributed by atoms with E-state index in [0.29, 0.717) is 13.2 Å². The topological polar surface area (TPSA) is 41.6 Å². The second-order valence-corrected chi connectivity index (χ2v) is 6.10. The number of anilines is 2. The molecule has 5 heteroatoms. The fourth-order valence-electron chi connectivity index (χ4n) is 2.54. The number of rotatable bonds is 4. The first-order chi connectivity index (χ1) is 10.1. The van der Waals surface area contributed by atoms with Crippen LogP contribution in [0.4, 0.5) is 16.2 Å². The lowest BCUT2D eigenvalue weighted by molar-refractivity contribution is 0.181. The lowest BCUT2D eigenvalue weighted by Gasteiger charge is -2.18. The molecule has 0 saturated carbocycles. The van der Waals surface area contributed by atoms with E-state index in [1.165, 1.54) is 10.4 Å². The number of aryl methyl sites for hydroxylation is 1. The number of thiophene rings is 1. The molecule has 1 atom stereocenters. The van der Waals surface area contributed by atoms with Gasteiger partial charge >= 0.3 is 6.09 Å². The van der Waals surface area contributed by atoms with Gasteiger partial charge in [-0.25, -0.2) is 4.79 Å². The van der Waals surface area contributed by atoms with Gasteiger partial charge in [-0.15, -0.1) is 11.3 Å². The van der Waals surface area contributed by atoms with Crippen molar-refractivity contribution in [1.29, 1.82) is 0 Å². The number of hydrogen-bond acceptors (Lipinski definition) is 4. The van der Waals surface area contributed by atoms with Gasteiger partial charge in [0, 0.05) is 16.3 Å². The summed E-state index contributed by atoms with van der Waals surface area (Å²) in [5.41, 5.74) is 3.18. The fourth-order valence-corrected chi connectivity index (χ4v) is 3.47. The summed E-state index contributed by atoms with van der Waals surface area (Å²) in [5, 5.41) is 5.61. The summed E-state index contributed by atoms with van der Waals surface area (Å²) in [5.74, 6) is 0. The molecule has 2 heterocycles. The molecule has 1 fully saturated rings. The fraction of sp³-hybridized carbons (Fsp3) is 0.312. The van der Waals surface area contributed by atoms with Crippen LogP contribution in [0.5, 0.6) is 0 Å². The van der Waals surface area contributed by atoms with Gasteiger partial charge < -0.3 is 10.1 Å².